The molecule has 1 fully saturated rings. The van der Waals surface area contributed by atoms with Crippen LogP contribution in [0.5, 0.6) is 0 Å². The molecule has 3 amide bonds. The molecule has 7 heteroatoms. The van der Waals surface area contributed by atoms with Gasteiger partial charge in [0.2, 0.25) is 5.91 Å². The van der Waals surface area contributed by atoms with Gasteiger partial charge in [-0.15, -0.1) is 0 Å². The van der Waals surface area contributed by atoms with E-state index in [1.807, 2.05) is 36.4 Å². The van der Waals surface area contributed by atoms with Crippen molar-refractivity contribution >= 4 is 28.8 Å². The highest BCUT2D eigenvalue weighted by atomic mass is 32.2. The lowest BCUT2D eigenvalue weighted by molar-refractivity contribution is -0.125. The summed E-state index contributed by atoms with van der Waals surface area (Å²) in [5.41, 5.74) is 8.16. The zero-order valence-electron chi connectivity index (χ0n) is 15.5. The molecule has 0 radical (unpaired) electrons. The Hall–Kier alpha value is -2.64. The maximum atomic E-state index is 13.0. The molecule has 2 N–H and O–H groups in total. The number of hydrogen-bond donors (Lipinski definition) is 1. The van der Waals surface area contributed by atoms with Crippen LogP contribution in [0.3, 0.4) is 0 Å². The first kappa shape index (κ1) is 20.1. The van der Waals surface area contributed by atoms with Gasteiger partial charge in [-0.3, -0.25) is 19.3 Å². The minimum absolute atomic E-state index is 0.100. The van der Waals surface area contributed by atoms with Gasteiger partial charge in [0.15, 0.2) is 0 Å². The first-order valence-corrected chi connectivity index (χ1v) is 10.2. The number of carbonyl (C=O) groups excluding carboxylic acids is 3. The fraction of sp³-hybridized carbons (Fsp3) is 0.286. The number of nitrogens with two attached hydrogens (primary N) is 1. The van der Waals surface area contributed by atoms with Crippen LogP contribution in [0.4, 0.5) is 4.79 Å². The molecule has 0 bridgehead atoms. The number of nitrogens with zero attached hydrogens (tertiary/aromatic N) is 2. The quantitative estimate of drug-likeness (QED) is 0.740. The van der Waals surface area contributed by atoms with Gasteiger partial charge in [-0.25, -0.2) is 0 Å². The van der Waals surface area contributed by atoms with Crippen molar-refractivity contribution in [2.45, 2.75) is 13.0 Å². The van der Waals surface area contributed by atoms with Gasteiger partial charge in [0.25, 0.3) is 11.1 Å². The Morgan fingerprint density at radius 1 is 1.04 bits per heavy atom. The maximum absolute atomic E-state index is 13.0. The monoisotopic (exact) mass is 397 g/mol. The van der Waals surface area contributed by atoms with Gasteiger partial charge in [-0.1, -0.05) is 54.2 Å². The smallest absolute Gasteiger partial charge is 0.289 e. The molecule has 0 atom stereocenters. The fourth-order valence-electron chi connectivity index (χ4n) is 3.08. The first-order chi connectivity index (χ1) is 13.6. The zero-order chi connectivity index (χ0) is 19.9. The second kappa shape index (κ2) is 9.52. The van der Waals surface area contributed by atoms with E-state index in [9.17, 15) is 14.4 Å². The summed E-state index contributed by atoms with van der Waals surface area (Å²) in [7, 11) is 0. The van der Waals surface area contributed by atoms with Crippen molar-refractivity contribution in [2.24, 2.45) is 5.73 Å². The highest BCUT2D eigenvalue weighted by Gasteiger charge is 2.29. The average molecular weight is 398 g/mol. The van der Waals surface area contributed by atoms with Crippen LogP contribution < -0.4 is 5.73 Å². The van der Waals surface area contributed by atoms with Crippen molar-refractivity contribution in [1.29, 1.82) is 0 Å². The summed E-state index contributed by atoms with van der Waals surface area (Å²) in [4.78, 5) is 39.6. The second-order valence-electron chi connectivity index (χ2n) is 6.55. The minimum atomic E-state index is -0.241. The molecule has 0 saturated carbocycles. The van der Waals surface area contributed by atoms with Crippen molar-refractivity contribution < 1.29 is 14.4 Å². The van der Waals surface area contributed by atoms with Gasteiger partial charge in [0.05, 0.1) is 12.3 Å². The largest absolute Gasteiger partial charge is 0.337 e. The van der Waals surface area contributed by atoms with Gasteiger partial charge < -0.3 is 10.6 Å². The van der Waals surface area contributed by atoms with Crippen molar-refractivity contribution in [1.82, 2.24) is 9.80 Å². The predicted molar refractivity (Wildman–Crippen MR) is 110 cm³/mol. The normalized spacial score (nSPS) is 13.8. The number of benzene rings is 2. The van der Waals surface area contributed by atoms with Gasteiger partial charge in [0.1, 0.15) is 0 Å². The molecule has 0 unspecified atom stereocenters. The molecule has 146 valence electrons. The third-order valence-corrected chi connectivity index (χ3v) is 5.41. The number of rotatable bonds is 8. The van der Waals surface area contributed by atoms with Crippen molar-refractivity contribution in [2.75, 3.05) is 25.4 Å². The van der Waals surface area contributed by atoms with E-state index in [-0.39, 0.29) is 29.4 Å². The summed E-state index contributed by atoms with van der Waals surface area (Å²) in [5, 5.41) is -0.241. The number of amides is 3. The molecule has 6 nitrogen and oxygen atoms in total. The Balaban J connectivity index is 1.70. The van der Waals surface area contributed by atoms with Crippen molar-refractivity contribution in [3.63, 3.8) is 0 Å². The van der Waals surface area contributed by atoms with E-state index in [0.29, 0.717) is 25.2 Å². The molecule has 1 saturated heterocycles. The van der Waals surface area contributed by atoms with Crippen LogP contribution in [0.1, 0.15) is 21.5 Å². The SMILES string of the molecule is NCCN(CCc1ccccc1)C(=O)c1cccc(CN2C(=O)CSC2=O)c1. The highest BCUT2D eigenvalue weighted by Crippen LogP contribution is 2.21. The second-order valence-corrected chi connectivity index (χ2v) is 7.48. The third kappa shape index (κ3) is 4.99. The van der Waals surface area contributed by atoms with Crippen LogP contribution in [-0.4, -0.2) is 52.2 Å². The van der Waals surface area contributed by atoms with E-state index >= 15 is 0 Å². The Morgan fingerprint density at radius 2 is 1.79 bits per heavy atom. The molecule has 0 aliphatic carbocycles. The van der Waals surface area contributed by atoms with Crippen LogP contribution in [-0.2, 0) is 17.8 Å². The molecule has 0 aromatic heterocycles. The molecule has 1 aliphatic rings. The average Bonchev–Trinajstić information content (AvgIpc) is 3.03. The van der Waals surface area contributed by atoms with Gasteiger partial charge in [0, 0.05) is 25.2 Å². The van der Waals surface area contributed by atoms with Crippen molar-refractivity contribution in [3.8, 4) is 0 Å². The summed E-state index contributed by atoms with van der Waals surface area (Å²) in [6, 6.07) is 17.1. The topological polar surface area (TPSA) is 83.7 Å². The van der Waals surface area contributed by atoms with Crippen LogP contribution in [0.2, 0.25) is 0 Å². The van der Waals surface area contributed by atoms with E-state index in [1.54, 1.807) is 23.1 Å². The van der Waals surface area contributed by atoms with Gasteiger partial charge in [-0.05, 0) is 29.7 Å². The Bertz CT molecular complexity index is 841. The van der Waals surface area contributed by atoms with Crippen LogP contribution in [0, 0.1) is 0 Å². The lowest BCUT2D eigenvalue weighted by Crippen LogP contribution is -2.37. The molecule has 2 aromatic carbocycles. The standard InChI is InChI=1S/C21H23N3O3S/c22-10-12-23(11-9-16-5-2-1-3-6-16)20(26)18-8-4-7-17(13-18)14-24-19(25)15-28-21(24)27/h1-8,13H,9-12,14-15,22H2. The van der Waals surface area contributed by atoms with Crippen LogP contribution in [0.25, 0.3) is 0 Å². The fourth-order valence-corrected chi connectivity index (χ4v) is 3.81. The Labute approximate surface area is 168 Å². The van der Waals surface area contributed by atoms with E-state index in [1.165, 1.54) is 4.90 Å². The van der Waals surface area contributed by atoms with Crippen molar-refractivity contribution in [3.05, 3.63) is 71.3 Å². The summed E-state index contributed by atoms with van der Waals surface area (Å²) in [6.07, 6.45) is 0.750. The molecule has 28 heavy (non-hydrogen) atoms. The number of hydrogen-bond acceptors (Lipinski definition) is 5. The molecule has 1 heterocycles. The number of thioether (sulfide) groups is 1. The maximum Gasteiger partial charge on any atom is 0.289 e. The number of imide groups is 1. The lowest BCUT2D eigenvalue weighted by Gasteiger charge is -2.23. The summed E-state index contributed by atoms with van der Waals surface area (Å²) < 4.78 is 0. The van der Waals surface area contributed by atoms with Gasteiger partial charge >= 0.3 is 0 Å². The zero-order valence-corrected chi connectivity index (χ0v) is 16.4. The number of carbonyl (C=O) groups is 3. The summed E-state index contributed by atoms with van der Waals surface area (Å²) in [5.74, 6) is -0.114. The molecule has 0 spiro atoms. The molecular weight excluding hydrogens is 374 g/mol. The Kier molecular flexibility index (Phi) is 6.84. The third-order valence-electron chi connectivity index (χ3n) is 4.55. The van der Waals surface area contributed by atoms with Gasteiger partial charge in [-0.2, -0.15) is 0 Å². The van der Waals surface area contributed by atoms with E-state index in [4.69, 9.17) is 5.73 Å². The van der Waals surface area contributed by atoms with E-state index in [2.05, 4.69) is 0 Å². The molecule has 3 rings (SSSR count). The summed E-state index contributed by atoms with van der Waals surface area (Å²) in [6.45, 7) is 1.61. The lowest BCUT2D eigenvalue weighted by atomic mass is 10.1. The Morgan fingerprint density at radius 3 is 2.46 bits per heavy atom. The van der Waals surface area contributed by atoms with E-state index < -0.39 is 0 Å². The molecular formula is C21H23N3O3S. The van der Waals surface area contributed by atoms with Crippen LogP contribution in [0.15, 0.2) is 54.6 Å². The summed E-state index contributed by atoms with van der Waals surface area (Å²) >= 11 is 1.01. The molecule has 2 aromatic rings. The van der Waals surface area contributed by atoms with Crippen LogP contribution >= 0.6 is 11.8 Å². The minimum Gasteiger partial charge on any atom is -0.337 e. The molecule has 1 aliphatic heterocycles. The first-order valence-electron chi connectivity index (χ1n) is 9.18. The predicted octanol–water partition coefficient (Wildman–Crippen LogP) is 2.53. The van der Waals surface area contributed by atoms with E-state index in [0.717, 1.165) is 29.3 Å². The highest BCUT2D eigenvalue weighted by molar-refractivity contribution is 8.14.